The van der Waals surface area contributed by atoms with E-state index >= 15 is 0 Å². The van der Waals surface area contributed by atoms with Crippen molar-refractivity contribution in [2.24, 2.45) is 9.98 Å². The van der Waals surface area contributed by atoms with Crippen molar-refractivity contribution < 1.29 is 0 Å². The smallest absolute Gasteiger partial charge is 0.101 e. The minimum absolute atomic E-state index is 0.392. The van der Waals surface area contributed by atoms with E-state index in [2.05, 4.69) is 9.98 Å². The van der Waals surface area contributed by atoms with E-state index in [1.54, 1.807) is 0 Å². The Kier molecular flexibility index (Phi) is 2.89. The van der Waals surface area contributed by atoms with Gasteiger partial charge >= 0.3 is 0 Å². The molecule has 0 aromatic rings. The van der Waals surface area contributed by atoms with Gasteiger partial charge in [0.15, 0.2) is 0 Å². The maximum Gasteiger partial charge on any atom is 0.101 e. The Morgan fingerprint density at radius 2 is 1.46 bits per heavy atom. The maximum atomic E-state index is 5.81. The van der Waals surface area contributed by atoms with Gasteiger partial charge in [0.2, 0.25) is 0 Å². The average Bonchev–Trinajstić information content (AvgIpc) is 2.62. The van der Waals surface area contributed by atoms with Crippen molar-refractivity contribution in [2.75, 3.05) is 0 Å². The standard InChI is InChI=1S/C9H12Cl2N2/c10-8-3-1-6(12-8)5-7-2-4-9(11)13-7/h6-7H,1-5H2. The summed E-state index contributed by atoms with van der Waals surface area (Å²) in [7, 11) is 0. The average molecular weight is 219 g/mol. The predicted octanol–water partition coefficient (Wildman–Crippen LogP) is 2.98. The zero-order valence-corrected chi connectivity index (χ0v) is 8.85. The van der Waals surface area contributed by atoms with Gasteiger partial charge in [-0.25, -0.2) is 0 Å². The summed E-state index contributed by atoms with van der Waals surface area (Å²) in [6.45, 7) is 0. The zero-order valence-electron chi connectivity index (χ0n) is 7.34. The van der Waals surface area contributed by atoms with Gasteiger partial charge in [-0.05, 0) is 19.3 Å². The Bertz CT molecular complexity index is 234. The second kappa shape index (κ2) is 3.97. The molecular formula is C9H12Cl2N2. The van der Waals surface area contributed by atoms with Crippen LogP contribution in [0.3, 0.4) is 0 Å². The molecule has 0 N–H and O–H groups in total. The van der Waals surface area contributed by atoms with E-state index < -0.39 is 0 Å². The van der Waals surface area contributed by atoms with Crippen LogP contribution in [0.15, 0.2) is 9.98 Å². The van der Waals surface area contributed by atoms with Gasteiger partial charge in [-0.2, -0.15) is 0 Å². The first-order chi connectivity index (χ1) is 6.24. The Labute approximate surface area is 88.0 Å². The van der Waals surface area contributed by atoms with E-state index in [0.29, 0.717) is 12.1 Å². The molecule has 0 saturated heterocycles. The third kappa shape index (κ3) is 2.44. The lowest BCUT2D eigenvalue weighted by Crippen LogP contribution is -2.10. The summed E-state index contributed by atoms with van der Waals surface area (Å²) in [4.78, 5) is 8.69. The van der Waals surface area contributed by atoms with Crippen LogP contribution in [0.2, 0.25) is 0 Å². The Morgan fingerprint density at radius 1 is 1.00 bits per heavy atom. The number of nitrogens with zero attached hydrogens (tertiary/aromatic N) is 2. The van der Waals surface area contributed by atoms with E-state index in [0.717, 1.165) is 42.4 Å². The van der Waals surface area contributed by atoms with Crippen molar-refractivity contribution in [2.45, 2.75) is 44.2 Å². The third-order valence-corrected chi connectivity index (χ3v) is 3.13. The molecule has 2 aliphatic heterocycles. The predicted molar refractivity (Wildman–Crippen MR) is 57.2 cm³/mol. The Hall–Kier alpha value is -0.0800. The summed E-state index contributed by atoms with van der Waals surface area (Å²) in [5, 5.41) is 1.55. The monoisotopic (exact) mass is 218 g/mol. The van der Waals surface area contributed by atoms with Gasteiger partial charge < -0.3 is 0 Å². The topological polar surface area (TPSA) is 24.7 Å². The number of aliphatic imine (C=N–C) groups is 2. The summed E-state index contributed by atoms with van der Waals surface area (Å²) in [6.07, 6.45) is 5.07. The van der Waals surface area contributed by atoms with Crippen LogP contribution in [-0.2, 0) is 0 Å². The van der Waals surface area contributed by atoms with Crippen LogP contribution in [-0.4, -0.2) is 22.4 Å². The number of hydrogen-bond donors (Lipinski definition) is 0. The molecule has 0 saturated carbocycles. The molecule has 0 aromatic heterocycles. The fourth-order valence-electron chi connectivity index (χ4n) is 1.88. The number of hydrogen-bond acceptors (Lipinski definition) is 2. The molecule has 0 fully saturated rings. The molecule has 13 heavy (non-hydrogen) atoms. The van der Waals surface area contributed by atoms with E-state index in [-0.39, 0.29) is 0 Å². The van der Waals surface area contributed by atoms with Crippen molar-refractivity contribution in [1.82, 2.24) is 0 Å². The summed E-state index contributed by atoms with van der Waals surface area (Å²) < 4.78 is 0. The van der Waals surface area contributed by atoms with Crippen LogP contribution in [0, 0.1) is 0 Å². The molecule has 2 rings (SSSR count). The second-order valence-corrected chi connectivity index (χ2v) is 4.50. The van der Waals surface area contributed by atoms with Crippen molar-refractivity contribution in [1.29, 1.82) is 0 Å². The lowest BCUT2D eigenvalue weighted by Gasteiger charge is -2.09. The highest BCUT2D eigenvalue weighted by Crippen LogP contribution is 2.25. The molecule has 2 unspecified atom stereocenters. The van der Waals surface area contributed by atoms with Crippen molar-refractivity contribution >= 4 is 33.5 Å². The molecular weight excluding hydrogens is 207 g/mol. The molecule has 2 nitrogen and oxygen atoms in total. The first-order valence-corrected chi connectivity index (χ1v) is 5.44. The fraction of sp³-hybridized carbons (Fsp3) is 0.778. The second-order valence-electron chi connectivity index (χ2n) is 3.63. The molecule has 72 valence electrons. The molecule has 2 heterocycles. The SMILES string of the molecule is ClC1=NC(CC2CCC(Cl)=N2)CC1. The lowest BCUT2D eigenvalue weighted by molar-refractivity contribution is 0.522. The normalized spacial score (nSPS) is 33.4. The molecule has 0 aromatic carbocycles. The number of halogens is 2. The van der Waals surface area contributed by atoms with Gasteiger partial charge in [0.1, 0.15) is 10.3 Å². The zero-order chi connectivity index (χ0) is 9.26. The highest BCUT2D eigenvalue weighted by molar-refractivity contribution is 6.66. The molecule has 0 amide bonds. The summed E-state index contributed by atoms with van der Waals surface area (Å²) in [6, 6.07) is 0.785. The van der Waals surface area contributed by atoms with Crippen molar-refractivity contribution in [3.05, 3.63) is 0 Å². The lowest BCUT2D eigenvalue weighted by atomic mass is 10.0. The van der Waals surface area contributed by atoms with Crippen LogP contribution in [0.5, 0.6) is 0 Å². The van der Waals surface area contributed by atoms with E-state index in [9.17, 15) is 0 Å². The molecule has 2 aliphatic rings. The quantitative estimate of drug-likeness (QED) is 0.682. The highest BCUT2D eigenvalue weighted by atomic mass is 35.5. The van der Waals surface area contributed by atoms with E-state index in [1.165, 1.54) is 0 Å². The minimum atomic E-state index is 0.392. The Morgan fingerprint density at radius 3 is 1.77 bits per heavy atom. The van der Waals surface area contributed by atoms with Crippen LogP contribution in [0.25, 0.3) is 0 Å². The van der Waals surface area contributed by atoms with Gasteiger partial charge in [-0.3, -0.25) is 9.98 Å². The maximum absolute atomic E-state index is 5.81. The van der Waals surface area contributed by atoms with Gasteiger partial charge in [0.25, 0.3) is 0 Å². The van der Waals surface area contributed by atoms with E-state index in [4.69, 9.17) is 23.2 Å². The molecule has 0 bridgehead atoms. The molecule has 0 spiro atoms. The third-order valence-electron chi connectivity index (χ3n) is 2.56. The number of rotatable bonds is 2. The molecule has 0 aliphatic carbocycles. The first kappa shape index (κ1) is 9.47. The van der Waals surface area contributed by atoms with Gasteiger partial charge in [-0.15, -0.1) is 0 Å². The minimum Gasteiger partial charge on any atom is -0.274 e. The molecule has 0 radical (unpaired) electrons. The summed E-state index contributed by atoms with van der Waals surface area (Å²) in [5.74, 6) is 0. The summed E-state index contributed by atoms with van der Waals surface area (Å²) >= 11 is 11.6. The van der Waals surface area contributed by atoms with Crippen LogP contribution in [0.4, 0.5) is 0 Å². The van der Waals surface area contributed by atoms with Crippen LogP contribution in [0.1, 0.15) is 32.1 Å². The van der Waals surface area contributed by atoms with Crippen molar-refractivity contribution in [3.63, 3.8) is 0 Å². The molecule has 4 heteroatoms. The fourth-order valence-corrected chi connectivity index (χ4v) is 2.38. The van der Waals surface area contributed by atoms with E-state index in [1.807, 2.05) is 0 Å². The van der Waals surface area contributed by atoms with Crippen molar-refractivity contribution in [3.8, 4) is 0 Å². The van der Waals surface area contributed by atoms with Gasteiger partial charge in [0, 0.05) is 12.8 Å². The Balaban J connectivity index is 1.86. The van der Waals surface area contributed by atoms with Gasteiger partial charge in [0.05, 0.1) is 12.1 Å². The molecule has 2 atom stereocenters. The van der Waals surface area contributed by atoms with Gasteiger partial charge in [-0.1, -0.05) is 23.2 Å². The van der Waals surface area contributed by atoms with Crippen LogP contribution >= 0.6 is 23.2 Å². The summed E-state index contributed by atoms with van der Waals surface area (Å²) in [5.41, 5.74) is 0. The van der Waals surface area contributed by atoms with Crippen LogP contribution < -0.4 is 0 Å². The largest absolute Gasteiger partial charge is 0.274 e. The highest BCUT2D eigenvalue weighted by Gasteiger charge is 2.23. The first-order valence-electron chi connectivity index (χ1n) is 4.68.